The van der Waals surface area contributed by atoms with Gasteiger partial charge in [0.05, 0.1) is 12.7 Å². The predicted molar refractivity (Wildman–Crippen MR) is 81.4 cm³/mol. The molecule has 0 aliphatic rings. The van der Waals surface area contributed by atoms with E-state index in [-0.39, 0.29) is 12.2 Å². The average Bonchev–Trinajstić information content (AvgIpc) is 2.51. The van der Waals surface area contributed by atoms with Gasteiger partial charge in [-0.2, -0.15) is 0 Å². The molecule has 0 atom stereocenters. The van der Waals surface area contributed by atoms with Gasteiger partial charge in [0.25, 0.3) is 5.56 Å². The second kappa shape index (κ2) is 7.53. The van der Waals surface area contributed by atoms with E-state index >= 15 is 0 Å². The molecule has 0 spiro atoms. The first-order valence-electron chi connectivity index (χ1n) is 6.17. The Hall–Kier alpha value is -2.23. The quantitative estimate of drug-likeness (QED) is 0.507. The van der Waals surface area contributed by atoms with Crippen LogP contribution in [0.4, 0.5) is 0 Å². The lowest BCUT2D eigenvalue weighted by Gasteiger charge is -2.06. The van der Waals surface area contributed by atoms with Crippen molar-refractivity contribution in [1.82, 2.24) is 9.97 Å². The molecular weight excluding hydrogens is 288 g/mol. The molecule has 108 valence electrons. The van der Waals surface area contributed by atoms with Gasteiger partial charge in [-0.25, -0.2) is 4.98 Å². The van der Waals surface area contributed by atoms with Crippen molar-refractivity contribution in [3.8, 4) is 17.6 Å². The number of aromatic amines is 1. The minimum Gasteiger partial charge on any atom is -0.495 e. The zero-order valence-corrected chi connectivity index (χ0v) is 12.2. The molecule has 0 aliphatic heterocycles. The number of aromatic nitrogens is 2. The van der Waals surface area contributed by atoms with Crippen LogP contribution < -0.4 is 10.3 Å². The van der Waals surface area contributed by atoms with Crippen molar-refractivity contribution in [3.05, 3.63) is 51.9 Å². The Morgan fingerprint density at radius 2 is 2.29 bits per heavy atom. The molecule has 5 nitrogen and oxygen atoms in total. The highest BCUT2D eigenvalue weighted by molar-refractivity contribution is 7.98. The summed E-state index contributed by atoms with van der Waals surface area (Å²) in [6, 6.07) is 7.03. The number of ether oxygens (including phenoxy) is 1. The summed E-state index contributed by atoms with van der Waals surface area (Å²) in [7, 11) is 1.58. The number of H-pyrrole nitrogens is 1. The lowest BCUT2D eigenvalue weighted by molar-refractivity contribution is 0.350. The van der Waals surface area contributed by atoms with Crippen LogP contribution in [0.2, 0.25) is 0 Å². The first-order valence-corrected chi connectivity index (χ1v) is 7.16. The molecule has 0 unspecified atom stereocenters. The van der Waals surface area contributed by atoms with Crippen LogP contribution in [0.5, 0.6) is 5.75 Å². The Morgan fingerprint density at radius 3 is 3.00 bits per heavy atom. The maximum absolute atomic E-state index is 11.2. The van der Waals surface area contributed by atoms with Crippen LogP contribution in [0.15, 0.2) is 40.4 Å². The average molecular weight is 302 g/mol. The number of methoxy groups -OCH3 is 1. The highest BCUT2D eigenvalue weighted by Gasteiger charge is 2.04. The van der Waals surface area contributed by atoms with Crippen molar-refractivity contribution < 1.29 is 9.84 Å². The van der Waals surface area contributed by atoms with Crippen LogP contribution in [-0.2, 0) is 5.75 Å². The molecule has 2 N–H and O–H groups in total. The summed E-state index contributed by atoms with van der Waals surface area (Å²) in [5, 5.41) is 9.35. The van der Waals surface area contributed by atoms with E-state index < -0.39 is 0 Å². The molecule has 1 aromatic carbocycles. The molecule has 2 aromatic rings. The van der Waals surface area contributed by atoms with Gasteiger partial charge in [-0.1, -0.05) is 29.7 Å². The van der Waals surface area contributed by atoms with E-state index in [9.17, 15) is 4.79 Å². The van der Waals surface area contributed by atoms with Crippen LogP contribution in [0, 0.1) is 11.8 Å². The summed E-state index contributed by atoms with van der Waals surface area (Å²) < 4.78 is 5.23. The van der Waals surface area contributed by atoms with Crippen LogP contribution in [-0.4, -0.2) is 28.8 Å². The minimum atomic E-state index is -0.197. The molecule has 0 bridgehead atoms. The third-order valence-electron chi connectivity index (χ3n) is 2.59. The maximum atomic E-state index is 11.2. The minimum absolute atomic E-state index is 0.170. The highest BCUT2D eigenvalue weighted by Crippen LogP contribution is 2.23. The molecule has 21 heavy (non-hydrogen) atoms. The molecule has 1 aromatic heterocycles. The van der Waals surface area contributed by atoms with E-state index in [1.54, 1.807) is 7.11 Å². The van der Waals surface area contributed by atoms with Crippen molar-refractivity contribution >= 4 is 11.8 Å². The lowest BCUT2D eigenvalue weighted by Crippen LogP contribution is -2.05. The van der Waals surface area contributed by atoms with E-state index in [4.69, 9.17) is 9.84 Å². The standard InChI is InChI=1S/C15H14N2O3S/c1-20-13-5-4-11(9-12(13)3-2-8-18)10-21-15-16-7-6-14(19)17-15/h4-7,9,18H,8,10H2,1H3,(H,16,17,19). The van der Waals surface area contributed by atoms with E-state index in [1.807, 2.05) is 18.2 Å². The number of thioether (sulfide) groups is 1. The summed E-state index contributed by atoms with van der Waals surface area (Å²) >= 11 is 1.43. The second-order valence-corrected chi connectivity index (χ2v) is 4.99. The molecule has 0 fully saturated rings. The zero-order valence-electron chi connectivity index (χ0n) is 11.4. The number of hydrogen-bond donors (Lipinski definition) is 2. The largest absolute Gasteiger partial charge is 0.495 e. The monoisotopic (exact) mass is 302 g/mol. The Kier molecular flexibility index (Phi) is 5.43. The maximum Gasteiger partial charge on any atom is 0.251 e. The van der Waals surface area contributed by atoms with E-state index in [1.165, 1.54) is 24.0 Å². The van der Waals surface area contributed by atoms with Crippen LogP contribution >= 0.6 is 11.8 Å². The van der Waals surface area contributed by atoms with Gasteiger partial charge in [-0.05, 0) is 17.7 Å². The van der Waals surface area contributed by atoms with Gasteiger partial charge in [0.1, 0.15) is 12.4 Å². The molecule has 0 saturated carbocycles. The number of nitrogens with one attached hydrogen (secondary N) is 1. The van der Waals surface area contributed by atoms with Gasteiger partial charge in [-0.3, -0.25) is 4.79 Å². The van der Waals surface area contributed by atoms with Gasteiger partial charge in [0, 0.05) is 18.0 Å². The fourth-order valence-electron chi connectivity index (χ4n) is 1.65. The SMILES string of the molecule is COc1ccc(CSc2nccc(=O)[nH]2)cc1C#CCO. The summed E-state index contributed by atoms with van der Waals surface area (Å²) in [6.45, 7) is -0.197. The Balaban J connectivity index is 2.15. The van der Waals surface area contributed by atoms with Gasteiger partial charge >= 0.3 is 0 Å². The third-order valence-corrected chi connectivity index (χ3v) is 3.55. The summed E-state index contributed by atoms with van der Waals surface area (Å²) in [5.74, 6) is 6.77. The molecule has 1 heterocycles. The molecule has 0 amide bonds. The normalized spacial score (nSPS) is 9.81. The van der Waals surface area contributed by atoms with Crippen molar-refractivity contribution in [2.75, 3.05) is 13.7 Å². The molecule has 0 aliphatic carbocycles. The summed E-state index contributed by atoms with van der Waals surface area (Å²) in [4.78, 5) is 17.9. The van der Waals surface area contributed by atoms with E-state index in [0.29, 0.717) is 16.7 Å². The van der Waals surface area contributed by atoms with Crippen molar-refractivity contribution in [3.63, 3.8) is 0 Å². The molecule has 6 heteroatoms. The molecule has 2 rings (SSSR count). The van der Waals surface area contributed by atoms with E-state index in [0.717, 1.165) is 11.1 Å². The number of nitrogens with zero attached hydrogens (tertiary/aromatic N) is 1. The fraction of sp³-hybridized carbons (Fsp3) is 0.200. The second-order valence-electron chi connectivity index (χ2n) is 4.02. The Bertz CT molecular complexity index is 731. The number of rotatable bonds is 4. The highest BCUT2D eigenvalue weighted by atomic mass is 32.2. The summed E-state index contributed by atoms with van der Waals surface area (Å²) in [6.07, 6.45) is 1.48. The first-order chi connectivity index (χ1) is 10.2. The summed E-state index contributed by atoms with van der Waals surface area (Å²) in [5.41, 5.74) is 1.57. The number of aliphatic hydroxyl groups is 1. The number of aliphatic hydroxyl groups excluding tert-OH is 1. The Morgan fingerprint density at radius 1 is 1.43 bits per heavy atom. The van der Waals surface area contributed by atoms with E-state index in [2.05, 4.69) is 21.8 Å². The first kappa shape index (κ1) is 15.2. The molecule has 0 saturated heterocycles. The zero-order chi connectivity index (χ0) is 15.1. The van der Waals surface area contributed by atoms with Gasteiger partial charge in [-0.15, -0.1) is 0 Å². The lowest BCUT2D eigenvalue weighted by atomic mass is 10.1. The molecular formula is C15H14N2O3S. The van der Waals surface area contributed by atoms with Crippen LogP contribution in [0.1, 0.15) is 11.1 Å². The van der Waals surface area contributed by atoms with Crippen LogP contribution in [0.25, 0.3) is 0 Å². The predicted octanol–water partition coefficient (Wildman–Crippen LogP) is 1.41. The van der Waals surface area contributed by atoms with Gasteiger partial charge < -0.3 is 14.8 Å². The topological polar surface area (TPSA) is 75.2 Å². The van der Waals surface area contributed by atoms with Crippen LogP contribution in [0.3, 0.4) is 0 Å². The van der Waals surface area contributed by atoms with Crippen molar-refractivity contribution in [2.24, 2.45) is 0 Å². The Labute approximate surface area is 126 Å². The number of hydrogen-bond acceptors (Lipinski definition) is 5. The van der Waals surface area contributed by atoms with Crippen molar-refractivity contribution in [1.29, 1.82) is 0 Å². The van der Waals surface area contributed by atoms with Gasteiger partial charge in [0.15, 0.2) is 5.16 Å². The molecule has 0 radical (unpaired) electrons. The number of benzene rings is 1. The van der Waals surface area contributed by atoms with Crippen molar-refractivity contribution in [2.45, 2.75) is 10.9 Å². The smallest absolute Gasteiger partial charge is 0.251 e. The fourth-order valence-corrected chi connectivity index (χ4v) is 2.45. The third kappa shape index (κ3) is 4.38. The van der Waals surface area contributed by atoms with Gasteiger partial charge in [0.2, 0.25) is 0 Å².